The molecule has 2 aromatic rings. The Balaban J connectivity index is 0.00000109. The molecule has 0 bridgehead atoms. The summed E-state index contributed by atoms with van der Waals surface area (Å²) in [5.41, 5.74) is 6.84. The third-order valence-corrected chi connectivity index (χ3v) is 5.96. The zero-order valence-corrected chi connectivity index (χ0v) is 17.1. The molecule has 1 aromatic carbocycles. The van der Waals surface area contributed by atoms with Crippen LogP contribution in [0, 0.1) is 6.92 Å². The first kappa shape index (κ1) is 20.3. The van der Waals surface area contributed by atoms with E-state index in [-0.39, 0.29) is 0 Å². The maximum absolute atomic E-state index is 6.24. The second-order valence-corrected chi connectivity index (χ2v) is 7.41. The Kier molecular flexibility index (Phi) is 7.81. The molecule has 0 aliphatic carbocycles. The zero-order chi connectivity index (χ0) is 18.4. The first-order valence-electron chi connectivity index (χ1n) is 8.50. The van der Waals surface area contributed by atoms with Gasteiger partial charge >= 0.3 is 0 Å². The highest BCUT2D eigenvalue weighted by Crippen LogP contribution is 2.37. The monoisotopic (exact) mass is 398 g/mol. The molecule has 0 amide bonds. The van der Waals surface area contributed by atoms with Crippen LogP contribution < -0.4 is 10.6 Å². The van der Waals surface area contributed by atoms with Gasteiger partial charge in [-0.3, -0.25) is 0 Å². The van der Waals surface area contributed by atoms with Crippen molar-refractivity contribution in [1.29, 1.82) is 0 Å². The summed E-state index contributed by atoms with van der Waals surface area (Å²) >= 11 is 13.8. The minimum Gasteiger partial charge on any atom is -0.355 e. The van der Waals surface area contributed by atoms with Crippen molar-refractivity contribution in [2.45, 2.75) is 49.6 Å². The number of benzene rings is 1. The second-order valence-electron chi connectivity index (χ2n) is 5.60. The lowest BCUT2D eigenvalue weighted by atomic mass is 10.1. The molecule has 0 atom stereocenters. The average molecular weight is 399 g/mol. The molecule has 2 heterocycles. The smallest absolute Gasteiger partial charge is 0.147 e. The van der Waals surface area contributed by atoms with Crippen LogP contribution in [0.15, 0.2) is 34.3 Å². The molecule has 1 aromatic heterocycles. The van der Waals surface area contributed by atoms with E-state index in [1.54, 1.807) is 6.07 Å². The van der Waals surface area contributed by atoms with Crippen LogP contribution in [0.3, 0.4) is 0 Å². The normalized spacial score (nSPS) is 14.9. The largest absolute Gasteiger partial charge is 0.355 e. The topological polar surface area (TPSA) is 55.0 Å². The summed E-state index contributed by atoms with van der Waals surface area (Å²) in [6.07, 6.45) is 3.81. The number of piperidine rings is 1. The van der Waals surface area contributed by atoms with Gasteiger partial charge in [0.2, 0.25) is 0 Å². The Labute approximate surface area is 164 Å². The fourth-order valence-electron chi connectivity index (χ4n) is 2.51. The Hall–Kier alpha value is -1.01. The van der Waals surface area contributed by atoms with Gasteiger partial charge in [-0.2, -0.15) is 0 Å². The van der Waals surface area contributed by atoms with E-state index in [1.807, 2.05) is 39.1 Å². The minimum atomic E-state index is 0.306. The molecule has 1 aliphatic heterocycles. The molecule has 0 radical (unpaired) electrons. The van der Waals surface area contributed by atoms with Crippen molar-refractivity contribution in [2.75, 3.05) is 18.0 Å². The minimum absolute atomic E-state index is 0.306. The summed E-state index contributed by atoms with van der Waals surface area (Å²) in [5, 5.41) is 1.93. The molecule has 0 saturated carbocycles. The van der Waals surface area contributed by atoms with E-state index < -0.39 is 0 Å². The van der Waals surface area contributed by atoms with Crippen molar-refractivity contribution in [3.63, 3.8) is 0 Å². The summed E-state index contributed by atoms with van der Waals surface area (Å²) in [7, 11) is 0. The molecule has 1 aliphatic rings. The molecule has 136 valence electrons. The highest BCUT2D eigenvalue weighted by molar-refractivity contribution is 7.99. The lowest BCUT2D eigenvalue weighted by Crippen LogP contribution is -2.40. The lowest BCUT2D eigenvalue weighted by Gasteiger charge is -2.31. The molecule has 0 unspecified atom stereocenters. The highest BCUT2D eigenvalue weighted by Gasteiger charge is 2.18. The van der Waals surface area contributed by atoms with Gasteiger partial charge in [-0.15, -0.1) is 0 Å². The van der Waals surface area contributed by atoms with Crippen molar-refractivity contribution in [3.8, 4) is 0 Å². The first-order chi connectivity index (χ1) is 12.0. The number of aryl methyl sites for hydroxylation is 1. The second kappa shape index (κ2) is 9.62. The van der Waals surface area contributed by atoms with Gasteiger partial charge in [0.1, 0.15) is 10.8 Å². The number of hydrogen-bond acceptors (Lipinski definition) is 5. The molecule has 2 N–H and O–H groups in total. The third-order valence-electron chi connectivity index (χ3n) is 3.88. The van der Waals surface area contributed by atoms with E-state index in [2.05, 4.69) is 9.88 Å². The predicted molar refractivity (Wildman–Crippen MR) is 108 cm³/mol. The number of nitrogens with two attached hydrogens (primary N) is 1. The summed E-state index contributed by atoms with van der Waals surface area (Å²) in [6, 6.07) is 5.89. The van der Waals surface area contributed by atoms with E-state index in [9.17, 15) is 0 Å². The van der Waals surface area contributed by atoms with Crippen molar-refractivity contribution >= 4 is 40.8 Å². The summed E-state index contributed by atoms with van der Waals surface area (Å²) < 4.78 is 0. The van der Waals surface area contributed by atoms with E-state index in [0.29, 0.717) is 16.1 Å². The van der Waals surface area contributed by atoms with Gasteiger partial charge < -0.3 is 10.6 Å². The predicted octanol–water partition coefficient (Wildman–Crippen LogP) is 5.20. The van der Waals surface area contributed by atoms with Crippen LogP contribution in [0.1, 0.15) is 32.4 Å². The first-order valence-corrected chi connectivity index (χ1v) is 10.1. The van der Waals surface area contributed by atoms with Gasteiger partial charge in [0.15, 0.2) is 0 Å². The maximum Gasteiger partial charge on any atom is 0.147 e. The van der Waals surface area contributed by atoms with Crippen LogP contribution in [-0.2, 0) is 0 Å². The molecular weight excluding hydrogens is 375 g/mol. The van der Waals surface area contributed by atoms with E-state index in [0.717, 1.165) is 47.4 Å². The van der Waals surface area contributed by atoms with Crippen LogP contribution in [0.25, 0.3) is 0 Å². The quantitative estimate of drug-likeness (QED) is 0.769. The number of hydrogen-bond donors (Lipinski definition) is 1. The number of aromatic nitrogens is 2. The molecule has 7 heteroatoms. The maximum atomic E-state index is 6.24. The number of rotatable bonds is 3. The summed E-state index contributed by atoms with van der Waals surface area (Å²) in [4.78, 5) is 12.4. The highest BCUT2D eigenvalue weighted by atomic mass is 35.5. The molecule has 25 heavy (non-hydrogen) atoms. The fourth-order valence-corrected chi connectivity index (χ4v) is 3.83. The van der Waals surface area contributed by atoms with Gasteiger partial charge in [-0.05, 0) is 31.9 Å². The Bertz CT molecular complexity index is 703. The fraction of sp³-hybridized carbons (Fsp3) is 0.444. The van der Waals surface area contributed by atoms with Crippen molar-refractivity contribution < 1.29 is 0 Å². The SMILES string of the molecule is CC.Cc1nc(N2CCC(N)CC2)cnc1Sc1cccc(Cl)c1Cl. The third kappa shape index (κ3) is 5.23. The number of nitrogens with zero attached hydrogens (tertiary/aromatic N) is 3. The van der Waals surface area contributed by atoms with Crippen molar-refractivity contribution in [1.82, 2.24) is 9.97 Å². The molecule has 1 saturated heterocycles. The summed E-state index contributed by atoms with van der Waals surface area (Å²) in [5.74, 6) is 0.913. The van der Waals surface area contributed by atoms with E-state index in [1.165, 1.54) is 11.8 Å². The van der Waals surface area contributed by atoms with Gasteiger partial charge in [-0.1, -0.05) is 54.9 Å². The van der Waals surface area contributed by atoms with Crippen molar-refractivity contribution in [3.05, 3.63) is 40.1 Å². The average Bonchev–Trinajstić information content (AvgIpc) is 2.63. The standard InChI is InChI=1S/C16H18Cl2N4S.C2H6/c1-10-16(23-13-4-2-3-12(17)15(13)18)20-9-14(21-10)22-7-5-11(19)6-8-22;1-2/h2-4,9,11H,5-8,19H2,1H3;1-2H3. The van der Waals surface area contributed by atoms with Gasteiger partial charge in [-0.25, -0.2) is 9.97 Å². The van der Waals surface area contributed by atoms with Crippen LogP contribution in [0.4, 0.5) is 5.82 Å². The van der Waals surface area contributed by atoms with Gasteiger partial charge in [0, 0.05) is 24.0 Å². The number of anilines is 1. The molecule has 4 nitrogen and oxygen atoms in total. The van der Waals surface area contributed by atoms with Crippen molar-refractivity contribution in [2.24, 2.45) is 5.73 Å². The lowest BCUT2D eigenvalue weighted by molar-refractivity contribution is 0.497. The summed E-state index contributed by atoms with van der Waals surface area (Å²) in [6.45, 7) is 7.83. The van der Waals surface area contributed by atoms with Crippen LogP contribution >= 0.6 is 35.0 Å². The van der Waals surface area contributed by atoms with Crippen LogP contribution in [0.2, 0.25) is 10.0 Å². The van der Waals surface area contributed by atoms with E-state index >= 15 is 0 Å². The molecule has 1 fully saturated rings. The Morgan fingerprint density at radius 1 is 1.20 bits per heavy atom. The number of halogens is 2. The molecular formula is C18H24Cl2N4S. The van der Waals surface area contributed by atoms with Crippen LogP contribution in [0.5, 0.6) is 0 Å². The molecule has 0 spiro atoms. The Morgan fingerprint density at radius 3 is 2.52 bits per heavy atom. The van der Waals surface area contributed by atoms with Gasteiger partial charge in [0.25, 0.3) is 0 Å². The zero-order valence-electron chi connectivity index (χ0n) is 14.8. The van der Waals surface area contributed by atoms with Crippen LogP contribution in [-0.4, -0.2) is 29.1 Å². The Morgan fingerprint density at radius 2 is 1.88 bits per heavy atom. The molecule has 3 rings (SSSR count). The van der Waals surface area contributed by atoms with Gasteiger partial charge in [0.05, 0.1) is 21.9 Å². The van der Waals surface area contributed by atoms with E-state index in [4.69, 9.17) is 33.9 Å².